The van der Waals surface area contributed by atoms with E-state index in [1.54, 1.807) is 46.8 Å². The highest BCUT2D eigenvalue weighted by molar-refractivity contribution is 5.92. The van der Waals surface area contributed by atoms with Gasteiger partial charge in [-0.3, -0.25) is 0 Å². The van der Waals surface area contributed by atoms with Gasteiger partial charge in [-0.2, -0.15) is 0 Å². The summed E-state index contributed by atoms with van der Waals surface area (Å²) in [6, 6.07) is 0. The molecule has 0 spiro atoms. The van der Waals surface area contributed by atoms with Crippen LogP contribution in [0.3, 0.4) is 0 Å². The maximum atomic E-state index is 12.7. The van der Waals surface area contributed by atoms with Gasteiger partial charge in [-0.15, -0.1) is 0 Å². The van der Waals surface area contributed by atoms with Crippen LogP contribution in [0.5, 0.6) is 0 Å². The number of carbonyl (C=O) groups excluding carboxylic acids is 3. The SMILES string of the molecule is C/C=C(/C)C(=O)O[C@@H]1[C@@H](OC(=O)/C(C)=C\C)[C@@H](O)[C@@H]2C[C@]3(O)OC(=O)C(C)=C3C[C@]2(C)[C@H]1C. The molecule has 0 radical (unpaired) electrons. The van der Waals surface area contributed by atoms with E-state index in [-0.39, 0.29) is 18.8 Å². The molecule has 2 N–H and O–H groups in total. The minimum absolute atomic E-state index is 0.0430. The number of fused-ring (bicyclic) bond motifs is 2. The maximum absolute atomic E-state index is 12.7. The van der Waals surface area contributed by atoms with E-state index < -0.39 is 53.3 Å². The van der Waals surface area contributed by atoms with E-state index in [1.807, 2.05) is 13.8 Å². The zero-order valence-electron chi connectivity index (χ0n) is 20.3. The fourth-order valence-corrected chi connectivity index (χ4v) is 5.25. The van der Waals surface area contributed by atoms with E-state index in [0.29, 0.717) is 22.3 Å². The molecule has 0 bridgehead atoms. The lowest BCUT2D eigenvalue weighted by atomic mass is 9.51. The summed E-state index contributed by atoms with van der Waals surface area (Å²) in [5, 5.41) is 22.5. The molecule has 1 heterocycles. The van der Waals surface area contributed by atoms with Crippen LogP contribution in [0.1, 0.15) is 61.3 Å². The van der Waals surface area contributed by atoms with Gasteiger partial charge in [-0.25, -0.2) is 14.4 Å². The average Bonchev–Trinajstić information content (AvgIpc) is 3.00. The Hall–Kier alpha value is -2.45. The monoisotopic (exact) mass is 462 g/mol. The smallest absolute Gasteiger partial charge is 0.336 e. The molecule has 1 aliphatic heterocycles. The molecule has 7 atom stereocenters. The van der Waals surface area contributed by atoms with Crippen LogP contribution in [0.4, 0.5) is 0 Å². The summed E-state index contributed by atoms with van der Waals surface area (Å²) in [7, 11) is 0. The second-order valence-electron chi connectivity index (χ2n) is 9.73. The number of hydrogen-bond acceptors (Lipinski definition) is 8. The number of allylic oxidation sites excluding steroid dienone is 2. The van der Waals surface area contributed by atoms with Gasteiger partial charge in [-0.05, 0) is 46.5 Å². The number of hydrogen-bond donors (Lipinski definition) is 2. The van der Waals surface area contributed by atoms with Gasteiger partial charge in [0.1, 0.15) is 6.10 Å². The normalized spacial score (nSPS) is 38.9. The summed E-state index contributed by atoms with van der Waals surface area (Å²) in [4.78, 5) is 37.5. The number of esters is 3. The molecule has 0 saturated heterocycles. The first kappa shape index (κ1) is 25.2. The van der Waals surface area contributed by atoms with Gasteiger partial charge in [0.05, 0.1) is 6.10 Å². The third-order valence-corrected chi connectivity index (χ3v) is 8.00. The molecule has 33 heavy (non-hydrogen) atoms. The second-order valence-corrected chi connectivity index (χ2v) is 9.73. The van der Waals surface area contributed by atoms with Crippen molar-refractivity contribution in [3.05, 3.63) is 34.4 Å². The zero-order valence-corrected chi connectivity index (χ0v) is 20.3. The van der Waals surface area contributed by atoms with Crippen LogP contribution in [0.15, 0.2) is 34.4 Å². The first-order chi connectivity index (χ1) is 15.3. The molecule has 0 unspecified atom stereocenters. The highest BCUT2D eigenvalue weighted by Crippen LogP contribution is 2.60. The molecule has 2 aliphatic carbocycles. The van der Waals surface area contributed by atoms with E-state index >= 15 is 0 Å². The van der Waals surface area contributed by atoms with Gasteiger partial charge in [0.2, 0.25) is 5.79 Å². The molecular formula is C25H34O8. The minimum atomic E-state index is -1.80. The van der Waals surface area contributed by atoms with E-state index in [9.17, 15) is 24.6 Å². The Kier molecular flexibility index (Phi) is 6.65. The molecule has 0 aromatic heterocycles. The van der Waals surface area contributed by atoms with Gasteiger partial charge in [-0.1, -0.05) is 26.0 Å². The zero-order chi connectivity index (χ0) is 24.9. The highest BCUT2D eigenvalue weighted by Gasteiger charge is 2.65. The van der Waals surface area contributed by atoms with Crippen LogP contribution in [0.25, 0.3) is 0 Å². The first-order valence-corrected chi connectivity index (χ1v) is 11.3. The topological polar surface area (TPSA) is 119 Å². The molecule has 0 aromatic rings. The Morgan fingerprint density at radius 3 is 2.12 bits per heavy atom. The Balaban J connectivity index is 2.05. The third-order valence-electron chi connectivity index (χ3n) is 8.00. The Morgan fingerprint density at radius 2 is 1.61 bits per heavy atom. The summed E-state index contributed by atoms with van der Waals surface area (Å²) in [6.45, 7) is 12.1. The lowest BCUT2D eigenvalue weighted by Crippen LogP contribution is -2.65. The molecule has 2 fully saturated rings. The first-order valence-electron chi connectivity index (χ1n) is 11.3. The molecule has 0 amide bonds. The molecule has 0 aromatic carbocycles. The average molecular weight is 463 g/mol. The maximum Gasteiger partial charge on any atom is 0.336 e. The van der Waals surface area contributed by atoms with Crippen molar-refractivity contribution in [3.8, 4) is 0 Å². The van der Waals surface area contributed by atoms with Crippen molar-refractivity contribution < 1.29 is 38.8 Å². The predicted octanol–water partition coefficient (Wildman–Crippen LogP) is 2.73. The lowest BCUT2D eigenvalue weighted by Gasteiger charge is -2.58. The Bertz CT molecular complexity index is 959. The molecule has 8 nitrogen and oxygen atoms in total. The van der Waals surface area contributed by atoms with Crippen LogP contribution in [0, 0.1) is 17.3 Å². The van der Waals surface area contributed by atoms with Crippen molar-refractivity contribution in [3.63, 3.8) is 0 Å². The molecular weight excluding hydrogens is 428 g/mol. The van der Waals surface area contributed by atoms with Crippen molar-refractivity contribution in [2.45, 2.75) is 85.4 Å². The van der Waals surface area contributed by atoms with Crippen molar-refractivity contribution in [2.75, 3.05) is 0 Å². The van der Waals surface area contributed by atoms with Gasteiger partial charge in [0, 0.05) is 40.5 Å². The molecule has 3 rings (SSSR count). The van der Waals surface area contributed by atoms with Crippen LogP contribution in [-0.4, -0.2) is 52.2 Å². The summed E-state index contributed by atoms with van der Waals surface area (Å²) in [5.41, 5.74) is 0.925. The van der Waals surface area contributed by atoms with Crippen LogP contribution in [0.2, 0.25) is 0 Å². The van der Waals surface area contributed by atoms with Gasteiger partial charge >= 0.3 is 17.9 Å². The fourth-order valence-electron chi connectivity index (χ4n) is 5.25. The summed E-state index contributed by atoms with van der Waals surface area (Å²) in [5.74, 6) is -4.53. The largest absolute Gasteiger partial charge is 0.455 e. The summed E-state index contributed by atoms with van der Waals surface area (Å²) < 4.78 is 16.8. The molecule has 8 heteroatoms. The van der Waals surface area contributed by atoms with Gasteiger partial charge in [0.15, 0.2) is 6.10 Å². The second kappa shape index (κ2) is 8.72. The Labute approximate surface area is 194 Å². The van der Waals surface area contributed by atoms with Crippen molar-refractivity contribution >= 4 is 17.9 Å². The van der Waals surface area contributed by atoms with Crippen LogP contribution < -0.4 is 0 Å². The minimum Gasteiger partial charge on any atom is -0.455 e. The lowest BCUT2D eigenvalue weighted by molar-refractivity contribution is -0.251. The number of rotatable bonds is 4. The van der Waals surface area contributed by atoms with E-state index in [2.05, 4.69) is 0 Å². The van der Waals surface area contributed by atoms with E-state index in [0.717, 1.165) is 0 Å². The molecule has 182 valence electrons. The predicted molar refractivity (Wildman–Crippen MR) is 118 cm³/mol. The number of aliphatic hydroxyl groups excluding tert-OH is 1. The Morgan fingerprint density at radius 1 is 1.09 bits per heavy atom. The third kappa shape index (κ3) is 4.04. The molecule has 2 saturated carbocycles. The highest BCUT2D eigenvalue weighted by atomic mass is 16.7. The van der Waals surface area contributed by atoms with Crippen LogP contribution in [-0.2, 0) is 28.6 Å². The fraction of sp³-hybridized carbons (Fsp3) is 0.640. The van der Waals surface area contributed by atoms with Gasteiger partial charge < -0.3 is 24.4 Å². The van der Waals surface area contributed by atoms with Crippen molar-refractivity contribution in [2.24, 2.45) is 17.3 Å². The van der Waals surface area contributed by atoms with E-state index in [1.165, 1.54) is 0 Å². The standard InChI is InChI=1S/C25H34O8/c1-8-12(3)21(27)31-19-15(6)24(7)10-16-14(5)23(29)33-25(16,30)11-17(24)18(26)20(19)32-22(28)13(4)9-2/h8-9,15,17-20,26,30H,10-11H2,1-7H3/b12-8-,13-9-/t15-,17-,18-,19-,20-,24+,25-/m0/s1. The van der Waals surface area contributed by atoms with Crippen molar-refractivity contribution in [1.82, 2.24) is 0 Å². The van der Waals surface area contributed by atoms with Crippen LogP contribution >= 0.6 is 0 Å². The molecule has 3 aliphatic rings. The van der Waals surface area contributed by atoms with E-state index in [4.69, 9.17) is 14.2 Å². The number of carbonyl (C=O) groups is 3. The summed E-state index contributed by atoms with van der Waals surface area (Å²) >= 11 is 0. The van der Waals surface area contributed by atoms with Crippen molar-refractivity contribution in [1.29, 1.82) is 0 Å². The number of ether oxygens (including phenoxy) is 3. The quantitative estimate of drug-likeness (QED) is 0.372. The van der Waals surface area contributed by atoms with Gasteiger partial charge in [0.25, 0.3) is 0 Å². The summed E-state index contributed by atoms with van der Waals surface area (Å²) in [6.07, 6.45) is 0.112. The number of aliphatic hydroxyl groups is 2.